The number of carbonyl (C=O) groups excluding carboxylic acids is 1. The standard InChI is InChI=1S/C18H19F2N4O/c19-14-5-1-4-13(17(14)20)12-23-8-3-9-24(11-10-23)16-7-2-6-15(22-16)18(21)25/h1-2,4-5,7H,3,8-12H2,(H2,21,25). The fraction of sp³-hybridized carbons (Fsp3) is 0.333. The summed E-state index contributed by atoms with van der Waals surface area (Å²) in [5.74, 6) is -1.54. The first-order chi connectivity index (χ1) is 12.0. The number of pyridine rings is 1. The quantitative estimate of drug-likeness (QED) is 0.920. The van der Waals surface area contributed by atoms with E-state index in [0.717, 1.165) is 25.6 Å². The highest BCUT2D eigenvalue weighted by atomic mass is 19.2. The van der Waals surface area contributed by atoms with Crippen LogP contribution in [-0.2, 0) is 6.54 Å². The van der Waals surface area contributed by atoms with Crippen molar-refractivity contribution >= 4 is 11.7 Å². The summed E-state index contributed by atoms with van der Waals surface area (Å²) >= 11 is 0. The van der Waals surface area contributed by atoms with Crippen molar-refractivity contribution in [3.8, 4) is 0 Å². The zero-order valence-corrected chi connectivity index (χ0v) is 13.7. The minimum Gasteiger partial charge on any atom is -0.364 e. The minimum atomic E-state index is -0.822. The van der Waals surface area contributed by atoms with Gasteiger partial charge in [-0.15, -0.1) is 0 Å². The van der Waals surface area contributed by atoms with Crippen LogP contribution in [0.4, 0.5) is 14.6 Å². The van der Waals surface area contributed by atoms with Gasteiger partial charge < -0.3 is 10.6 Å². The molecule has 0 atom stereocenters. The van der Waals surface area contributed by atoms with Crippen molar-refractivity contribution in [3.63, 3.8) is 0 Å². The smallest absolute Gasteiger partial charge is 0.268 e. The van der Waals surface area contributed by atoms with Crippen molar-refractivity contribution in [1.29, 1.82) is 0 Å². The fourth-order valence-electron chi connectivity index (χ4n) is 2.95. The van der Waals surface area contributed by atoms with Crippen LogP contribution in [0.1, 0.15) is 22.5 Å². The van der Waals surface area contributed by atoms with E-state index in [0.29, 0.717) is 31.0 Å². The van der Waals surface area contributed by atoms with Gasteiger partial charge in [-0.25, -0.2) is 13.8 Å². The van der Waals surface area contributed by atoms with Crippen molar-refractivity contribution in [2.45, 2.75) is 13.0 Å². The molecule has 0 spiro atoms. The lowest BCUT2D eigenvalue weighted by Crippen LogP contribution is -2.31. The van der Waals surface area contributed by atoms with E-state index in [1.54, 1.807) is 18.2 Å². The van der Waals surface area contributed by atoms with Crippen molar-refractivity contribution in [2.75, 3.05) is 31.1 Å². The predicted molar refractivity (Wildman–Crippen MR) is 90.1 cm³/mol. The number of hydrogen-bond donors (Lipinski definition) is 1. The molecule has 1 saturated heterocycles. The molecule has 1 aliphatic heterocycles. The molecule has 2 heterocycles. The summed E-state index contributed by atoms with van der Waals surface area (Å²) in [5, 5.41) is 0. The number of rotatable bonds is 4. The van der Waals surface area contributed by atoms with Gasteiger partial charge in [-0.3, -0.25) is 9.69 Å². The SMILES string of the molecule is NC(=O)c1[c]ccc(N2CCCN(Cc3cccc(F)c3F)CC2)n1. The molecule has 25 heavy (non-hydrogen) atoms. The van der Waals surface area contributed by atoms with E-state index in [2.05, 4.69) is 20.9 Å². The van der Waals surface area contributed by atoms with Crippen LogP contribution in [-0.4, -0.2) is 42.0 Å². The maximum absolute atomic E-state index is 13.9. The lowest BCUT2D eigenvalue weighted by molar-refractivity contribution is 0.0995. The molecule has 1 aromatic carbocycles. The average Bonchev–Trinajstić information content (AvgIpc) is 2.85. The van der Waals surface area contributed by atoms with Crippen LogP contribution in [0.5, 0.6) is 0 Å². The zero-order chi connectivity index (χ0) is 17.8. The highest BCUT2D eigenvalue weighted by Gasteiger charge is 2.18. The van der Waals surface area contributed by atoms with Crippen LogP contribution in [0.15, 0.2) is 30.3 Å². The number of benzene rings is 1. The second kappa shape index (κ2) is 7.57. The Hall–Kier alpha value is -2.54. The summed E-state index contributed by atoms with van der Waals surface area (Å²) < 4.78 is 27.2. The van der Waals surface area contributed by atoms with Gasteiger partial charge in [0.1, 0.15) is 11.5 Å². The summed E-state index contributed by atoms with van der Waals surface area (Å²) in [5.41, 5.74) is 5.72. The molecule has 5 nitrogen and oxygen atoms in total. The van der Waals surface area contributed by atoms with Crippen LogP contribution < -0.4 is 10.6 Å². The van der Waals surface area contributed by atoms with Gasteiger partial charge in [-0.2, -0.15) is 0 Å². The fourth-order valence-corrected chi connectivity index (χ4v) is 2.95. The van der Waals surface area contributed by atoms with Crippen molar-refractivity contribution in [1.82, 2.24) is 9.88 Å². The van der Waals surface area contributed by atoms with E-state index >= 15 is 0 Å². The topological polar surface area (TPSA) is 62.5 Å². The summed E-state index contributed by atoms with van der Waals surface area (Å²) in [4.78, 5) is 19.6. The first-order valence-corrected chi connectivity index (χ1v) is 8.13. The van der Waals surface area contributed by atoms with Crippen LogP contribution in [0.25, 0.3) is 0 Å². The van der Waals surface area contributed by atoms with E-state index in [1.807, 2.05) is 0 Å². The van der Waals surface area contributed by atoms with E-state index in [4.69, 9.17) is 5.73 Å². The number of nitrogens with two attached hydrogens (primary N) is 1. The van der Waals surface area contributed by atoms with E-state index in [9.17, 15) is 13.6 Å². The first kappa shape index (κ1) is 17.3. The Bertz CT molecular complexity index is 768. The van der Waals surface area contributed by atoms with Gasteiger partial charge in [0.05, 0.1) is 0 Å². The molecule has 3 rings (SSSR count). The third kappa shape index (κ3) is 4.11. The predicted octanol–water partition coefficient (Wildman–Crippen LogP) is 1.97. The van der Waals surface area contributed by atoms with Gasteiger partial charge in [0.25, 0.3) is 5.91 Å². The number of amides is 1. The summed E-state index contributed by atoms with van der Waals surface area (Å²) in [7, 11) is 0. The Morgan fingerprint density at radius 3 is 2.84 bits per heavy atom. The number of hydrogen-bond acceptors (Lipinski definition) is 4. The van der Waals surface area contributed by atoms with E-state index in [-0.39, 0.29) is 5.69 Å². The molecule has 1 fully saturated rings. The Morgan fingerprint density at radius 1 is 1.20 bits per heavy atom. The summed E-state index contributed by atoms with van der Waals surface area (Å²) in [6, 6.07) is 10.4. The zero-order valence-electron chi connectivity index (χ0n) is 13.7. The lowest BCUT2D eigenvalue weighted by atomic mass is 10.2. The number of carbonyl (C=O) groups is 1. The van der Waals surface area contributed by atoms with Gasteiger partial charge in [0.15, 0.2) is 11.6 Å². The normalized spacial score (nSPS) is 15.8. The minimum absolute atomic E-state index is 0.112. The lowest BCUT2D eigenvalue weighted by Gasteiger charge is -2.23. The van der Waals surface area contributed by atoms with Crippen molar-refractivity contribution in [2.24, 2.45) is 5.73 Å². The van der Waals surface area contributed by atoms with E-state index < -0.39 is 17.5 Å². The average molecular weight is 345 g/mol. The molecular formula is C18H19F2N4O. The number of primary amides is 1. The second-order valence-corrected chi connectivity index (χ2v) is 5.99. The molecule has 0 unspecified atom stereocenters. The highest BCUT2D eigenvalue weighted by molar-refractivity contribution is 5.90. The van der Waals surface area contributed by atoms with Crippen LogP contribution >= 0.6 is 0 Å². The summed E-state index contributed by atoms with van der Waals surface area (Å²) in [6.45, 7) is 3.25. The molecule has 0 aliphatic carbocycles. The molecule has 131 valence electrons. The van der Waals surface area contributed by atoms with Gasteiger partial charge in [-0.1, -0.05) is 12.1 Å². The first-order valence-electron chi connectivity index (χ1n) is 8.13. The van der Waals surface area contributed by atoms with Crippen molar-refractivity contribution in [3.05, 3.63) is 59.3 Å². The highest BCUT2D eigenvalue weighted by Crippen LogP contribution is 2.17. The van der Waals surface area contributed by atoms with Crippen LogP contribution in [0.3, 0.4) is 0 Å². The Kier molecular flexibility index (Phi) is 5.23. The maximum atomic E-state index is 13.9. The van der Waals surface area contributed by atoms with Gasteiger partial charge in [0, 0.05) is 44.4 Å². The van der Waals surface area contributed by atoms with Gasteiger partial charge in [0.2, 0.25) is 0 Å². The Morgan fingerprint density at radius 2 is 2.04 bits per heavy atom. The maximum Gasteiger partial charge on any atom is 0.268 e. The molecule has 2 aromatic rings. The number of nitrogens with zero attached hydrogens (tertiary/aromatic N) is 3. The molecule has 0 saturated carbocycles. The summed E-state index contributed by atoms with van der Waals surface area (Å²) in [6.07, 6.45) is 0.850. The molecule has 0 bridgehead atoms. The third-order valence-electron chi connectivity index (χ3n) is 4.25. The number of anilines is 1. The largest absolute Gasteiger partial charge is 0.364 e. The van der Waals surface area contributed by atoms with Crippen LogP contribution in [0.2, 0.25) is 0 Å². The number of aromatic nitrogens is 1. The molecule has 1 radical (unpaired) electrons. The molecular weight excluding hydrogens is 326 g/mol. The molecule has 1 aromatic heterocycles. The van der Waals surface area contributed by atoms with Gasteiger partial charge >= 0.3 is 0 Å². The van der Waals surface area contributed by atoms with Gasteiger partial charge in [-0.05, 0) is 24.6 Å². The molecule has 1 amide bonds. The Labute approximate surface area is 145 Å². The van der Waals surface area contributed by atoms with Crippen LogP contribution in [0, 0.1) is 17.7 Å². The third-order valence-corrected chi connectivity index (χ3v) is 4.25. The molecule has 2 N–H and O–H groups in total. The molecule has 7 heteroatoms. The second-order valence-electron chi connectivity index (χ2n) is 5.99. The molecule has 1 aliphatic rings. The Balaban J connectivity index is 1.67. The number of halogens is 2. The van der Waals surface area contributed by atoms with Crippen molar-refractivity contribution < 1.29 is 13.6 Å². The van der Waals surface area contributed by atoms with E-state index in [1.165, 1.54) is 6.07 Å². The monoisotopic (exact) mass is 345 g/mol.